The molecule has 21 heavy (non-hydrogen) atoms. The highest BCUT2D eigenvalue weighted by Crippen LogP contribution is 2.32. The second kappa shape index (κ2) is 5.49. The van der Waals surface area contributed by atoms with E-state index in [0.29, 0.717) is 13.0 Å². The van der Waals surface area contributed by atoms with Gasteiger partial charge in [-0.3, -0.25) is 14.9 Å². The van der Waals surface area contributed by atoms with E-state index in [1.54, 1.807) is 7.05 Å². The highest BCUT2D eigenvalue weighted by molar-refractivity contribution is 8.13. The molecule has 1 amide bonds. The lowest BCUT2D eigenvalue weighted by molar-refractivity contribution is -0.385. The average molecular weight is 335 g/mol. The predicted molar refractivity (Wildman–Crippen MR) is 72.8 cm³/mol. The van der Waals surface area contributed by atoms with E-state index in [2.05, 4.69) is 0 Å². The number of ether oxygens (including phenoxy) is 1. The summed E-state index contributed by atoms with van der Waals surface area (Å²) >= 11 is 0. The summed E-state index contributed by atoms with van der Waals surface area (Å²) in [4.78, 5) is 22.6. The molecule has 1 saturated heterocycles. The smallest absolute Gasteiger partial charge is 0.271 e. The van der Waals surface area contributed by atoms with Crippen LogP contribution in [0.5, 0.6) is 5.75 Å². The normalized spacial score (nSPS) is 18.9. The number of hydrogen-bond acceptors (Lipinski definition) is 6. The fourth-order valence-electron chi connectivity index (χ4n) is 1.95. The van der Waals surface area contributed by atoms with Crippen molar-refractivity contribution in [2.75, 3.05) is 13.6 Å². The van der Waals surface area contributed by atoms with Crippen LogP contribution in [-0.2, 0) is 13.8 Å². The molecule has 0 aromatic heterocycles. The van der Waals surface area contributed by atoms with E-state index in [-0.39, 0.29) is 11.7 Å². The third kappa shape index (κ3) is 3.24. The van der Waals surface area contributed by atoms with Crippen LogP contribution in [0.4, 0.5) is 5.69 Å². The summed E-state index contributed by atoms with van der Waals surface area (Å²) in [5.41, 5.74) is -0.434. The monoisotopic (exact) mass is 334 g/mol. The molecule has 1 heterocycles. The number of benzene rings is 1. The summed E-state index contributed by atoms with van der Waals surface area (Å²) in [5.74, 6) is -0.462. The van der Waals surface area contributed by atoms with Crippen molar-refractivity contribution in [2.45, 2.75) is 17.4 Å². The highest BCUT2D eigenvalue weighted by atomic mass is 35.7. The van der Waals surface area contributed by atoms with Crippen molar-refractivity contribution >= 4 is 31.3 Å². The topological polar surface area (TPSA) is 107 Å². The number of hydrogen-bond donors (Lipinski definition) is 0. The van der Waals surface area contributed by atoms with E-state index in [1.165, 1.54) is 4.90 Å². The molecule has 0 N–H and O–H groups in total. The van der Waals surface area contributed by atoms with Crippen molar-refractivity contribution in [3.05, 3.63) is 28.3 Å². The lowest BCUT2D eigenvalue weighted by Crippen LogP contribution is -2.29. The molecule has 1 aromatic rings. The molecular formula is C11H11ClN2O6S. The van der Waals surface area contributed by atoms with Crippen molar-refractivity contribution < 1.29 is 22.9 Å². The van der Waals surface area contributed by atoms with Crippen molar-refractivity contribution in [1.82, 2.24) is 4.90 Å². The Labute approximate surface area is 124 Å². The maximum Gasteiger partial charge on any atom is 0.271 e. The molecule has 0 spiro atoms. The predicted octanol–water partition coefficient (Wildman–Crippen LogP) is 1.13. The SMILES string of the molecule is CN1CCC(Oc2ccc([N+](=O)[O-])cc2S(=O)(=O)Cl)C1=O. The fraction of sp³-hybridized carbons (Fsp3) is 0.364. The maximum atomic E-state index is 11.8. The van der Waals surface area contributed by atoms with E-state index in [4.69, 9.17) is 15.4 Å². The molecule has 1 aromatic carbocycles. The van der Waals surface area contributed by atoms with Gasteiger partial charge in [-0.25, -0.2) is 8.42 Å². The van der Waals surface area contributed by atoms with E-state index in [9.17, 15) is 23.3 Å². The Balaban J connectivity index is 2.40. The molecule has 0 saturated carbocycles. The van der Waals surface area contributed by atoms with E-state index in [0.717, 1.165) is 18.2 Å². The number of rotatable bonds is 4. The first kappa shape index (κ1) is 15.5. The number of nitro benzene ring substituents is 1. The van der Waals surface area contributed by atoms with Gasteiger partial charge in [-0.05, 0) is 6.07 Å². The van der Waals surface area contributed by atoms with E-state index >= 15 is 0 Å². The zero-order valence-electron chi connectivity index (χ0n) is 10.9. The van der Waals surface area contributed by atoms with Gasteiger partial charge in [0, 0.05) is 42.8 Å². The Hall–Kier alpha value is -1.87. The molecule has 8 nitrogen and oxygen atoms in total. The number of halogens is 1. The molecule has 0 aliphatic carbocycles. The Bertz CT molecular complexity index is 705. The largest absolute Gasteiger partial charge is 0.479 e. The molecule has 0 bridgehead atoms. The van der Waals surface area contributed by atoms with Crippen LogP contribution in [-0.4, -0.2) is 43.8 Å². The van der Waals surface area contributed by atoms with Gasteiger partial charge in [0.05, 0.1) is 4.92 Å². The van der Waals surface area contributed by atoms with Crippen LogP contribution in [0.2, 0.25) is 0 Å². The molecule has 114 valence electrons. The first-order chi connectivity index (χ1) is 9.70. The maximum absolute atomic E-state index is 11.8. The molecule has 1 aliphatic heterocycles. The van der Waals surface area contributed by atoms with Crippen LogP contribution >= 0.6 is 10.7 Å². The first-order valence-corrected chi connectivity index (χ1v) is 8.16. The standard InChI is InChI=1S/C11H11ClN2O6S/c1-13-5-4-9(11(13)15)20-8-3-2-7(14(16)17)6-10(8)21(12,18)19/h2-3,6,9H,4-5H2,1H3. The van der Waals surface area contributed by atoms with Crippen LogP contribution in [0.1, 0.15) is 6.42 Å². The number of nitrogens with zero attached hydrogens (tertiary/aromatic N) is 2. The van der Waals surface area contributed by atoms with Crippen molar-refractivity contribution in [2.24, 2.45) is 0 Å². The van der Waals surface area contributed by atoms with Gasteiger partial charge in [-0.15, -0.1) is 0 Å². The summed E-state index contributed by atoms with van der Waals surface area (Å²) in [6.07, 6.45) is -0.428. The summed E-state index contributed by atoms with van der Waals surface area (Å²) in [7, 11) is 2.62. The van der Waals surface area contributed by atoms with Crippen LogP contribution in [0, 0.1) is 10.1 Å². The van der Waals surface area contributed by atoms with Gasteiger partial charge in [-0.2, -0.15) is 0 Å². The summed E-state index contributed by atoms with van der Waals surface area (Å²) in [5, 5.41) is 10.7. The van der Waals surface area contributed by atoms with Gasteiger partial charge < -0.3 is 9.64 Å². The van der Waals surface area contributed by atoms with E-state index in [1.807, 2.05) is 0 Å². The molecule has 1 unspecified atom stereocenters. The Morgan fingerprint density at radius 2 is 2.14 bits per heavy atom. The summed E-state index contributed by atoms with van der Waals surface area (Å²) in [6.45, 7) is 0.486. The van der Waals surface area contributed by atoms with Gasteiger partial charge in [0.2, 0.25) is 0 Å². The number of non-ortho nitro benzene ring substituents is 1. The quantitative estimate of drug-likeness (QED) is 0.464. The van der Waals surface area contributed by atoms with Crippen LogP contribution in [0.3, 0.4) is 0 Å². The number of carbonyl (C=O) groups is 1. The molecule has 0 radical (unpaired) electrons. The number of likely N-dealkylation sites (tertiary alicyclic amines) is 1. The van der Waals surface area contributed by atoms with Gasteiger partial charge in [0.15, 0.2) is 6.10 Å². The number of amides is 1. The highest BCUT2D eigenvalue weighted by Gasteiger charge is 2.32. The van der Waals surface area contributed by atoms with Crippen molar-refractivity contribution in [3.8, 4) is 5.75 Å². The van der Waals surface area contributed by atoms with Gasteiger partial charge >= 0.3 is 0 Å². The zero-order chi connectivity index (χ0) is 15.8. The third-order valence-electron chi connectivity index (χ3n) is 3.05. The lowest BCUT2D eigenvalue weighted by Gasteiger charge is -2.14. The summed E-state index contributed by atoms with van der Waals surface area (Å²) < 4.78 is 28.4. The second-order valence-electron chi connectivity index (χ2n) is 4.48. The van der Waals surface area contributed by atoms with Crippen LogP contribution < -0.4 is 4.74 Å². The van der Waals surface area contributed by atoms with E-state index < -0.39 is 30.7 Å². The molecule has 10 heteroatoms. The molecule has 1 fully saturated rings. The Kier molecular flexibility index (Phi) is 4.06. The lowest BCUT2D eigenvalue weighted by atomic mass is 10.2. The minimum Gasteiger partial charge on any atom is -0.479 e. The summed E-state index contributed by atoms with van der Waals surface area (Å²) in [6, 6.07) is 3.02. The van der Waals surface area contributed by atoms with Crippen molar-refractivity contribution in [1.29, 1.82) is 0 Å². The molecule has 1 aliphatic rings. The fourth-order valence-corrected chi connectivity index (χ4v) is 2.93. The first-order valence-electron chi connectivity index (χ1n) is 5.85. The van der Waals surface area contributed by atoms with Gasteiger partial charge in [0.1, 0.15) is 10.6 Å². The Morgan fingerprint density at radius 1 is 1.48 bits per heavy atom. The van der Waals surface area contributed by atoms with Gasteiger partial charge in [-0.1, -0.05) is 0 Å². The molecule has 1 atom stereocenters. The number of likely N-dealkylation sites (N-methyl/N-ethyl adjacent to an activating group) is 1. The second-order valence-corrected chi connectivity index (χ2v) is 7.02. The molecular weight excluding hydrogens is 324 g/mol. The average Bonchev–Trinajstić information content (AvgIpc) is 2.69. The third-order valence-corrected chi connectivity index (χ3v) is 4.39. The van der Waals surface area contributed by atoms with Gasteiger partial charge in [0.25, 0.3) is 20.6 Å². The minimum atomic E-state index is -4.24. The number of nitro groups is 1. The zero-order valence-corrected chi connectivity index (χ0v) is 12.4. The minimum absolute atomic E-state index is 0.177. The number of carbonyl (C=O) groups excluding carboxylic acids is 1. The van der Waals surface area contributed by atoms with Crippen LogP contribution in [0.15, 0.2) is 23.1 Å². The Morgan fingerprint density at radius 3 is 2.62 bits per heavy atom. The van der Waals surface area contributed by atoms with Crippen LogP contribution in [0.25, 0.3) is 0 Å². The molecule has 2 rings (SSSR count). The van der Waals surface area contributed by atoms with Crippen molar-refractivity contribution in [3.63, 3.8) is 0 Å².